The summed E-state index contributed by atoms with van der Waals surface area (Å²) in [5.74, 6) is 2.14. The first-order valence-corrected chi connectivity index (χ1v) is 10.9. The van der Waals surface area contributed by atoms with Crippen LogP contribution in [0, 0.1) is 5.92 Å². The van der Waals surface area contributed by atoms with E-state index in [0.717, 1.165) is 35.7 Å². The van der Waals surface area contributed by atoms with E-state index >= 15 is 0 Å². The molecule has 2 aromatic heterocycles. The van der Waals surface area contributed by atoms with E-state index in [2.05, 4.69) is 67.1 Å². The Balaban J connectivity index is 1.67. The highest BCUT2D eigenvalue weighted by Crippen LogP contribution is 2.42. The topological polar surface area (TPSA) is 90.7 Å². The van der Waals surface area contributed by atoms with E-state index in [1.165, 1.54) is 24.8 Å². The average Bonchev–Trinajstić information content (AvgIpc) is 3.26. The van der Waals surface area contributed by atoms with Crippen molar-refractivity contribution < 1.29 is 4.52 Å². The van der Waals surface area contributed by atoms with Gasteiger partial charge in [0.15, 0.2) is 5.82 Å². The van der Waals surface area contributed by atoms with Crippen LogP contribution in [0.4, 0.5) is 5.95 Å². The van der Waals surface area contributed by atoms with Crippen molar-refractivity contribution in [1.29, 1.82) is 0 Å². The average molecular weight is 406 g/mol. The normalized spacial score (nSPS) is 18.3. The molecule has 0 saturated heterocycles. The van der Waals surface area contributed by atoms with Crippen molar-refractivity contribution in [2.24, 2.45) is 5.92 Å². The van der Waals surface area contributed by atoms with Gasteiger partial charge in [-0.2, -0.15) is 4.98 Å². The molecule has 1 aromatic carbocycles. The summed E-state index contributed by atoms with van der Waals surface area (Å²) in [7, 11) is 0. The molecule has 2 N–H and O–H groups in total. The van der Waals surface area contributed by atoms with Gasteiger partial charge in [-0.3, -0.25) is 0 Å². The summed E-state index contributed by atoms with van der Waals surface area (Å²) in [6.07, 6.45) is 9.48. The second-order valence-electron chi connectivity index (χ2n) is 9.31. The molecule has 1 aliphatic rings. The number of benzene rings is 1. The van der Waals surface area contributed by atoms with Crippen molar-refractivity contribution in [3.63, 3.8) is 0 Å². The van der Waals surface area contributed by atoms with Gasteiger partial charge in [0.1, 0.15) is 0 Å². The van der Waals surface area contributed by atoms with Gasteiger partial charge in [0.05, 0.1) is 5.41 Å². The number of nitrogens with zero attached hydrogens (tertiary/aromatic N) is 4. The summed E-state index contributed by atoms with van der Waals surface area (Å²) < 4.78 is 5.84. The number of hydrogen-bond acceptors (Lipinski definition) is 6. The highest BCUT2D eigenvalue weighted by atomic mass is 16.5. The van der Waals surface area contributed by atoms with Crippen LogP contribution in [-0.2, 0) is 10.8 Å². The zero-order valence-corrected chi connectivity index (χ0v) is 18.4. The molecule has 2 heterocycles. The molecule has 1 atom stereocenters. The van der Waals surface area contributed by atoms with Gasteiger partial charge in [0.25, 0.3) is 0 Å². The van der Waals surface area contributed by atoms with Gasteiger partial charge in [0.2, 0.25) is 11.8 Å². The van der Waals surface area contributed by atoms with Crippen LogP contribution in [-0.4, -0.2) is 20.1 Å². The molecule has 6 heteroatoms. The summed E-state index contributed by atoms with van der Waals surface area (Å²) >= 11 is 0. The number of nitrogens with two attached hydrogens (primary N) is 1. The van der Waals surface area contributed by atoms with E-state index in [1.807, 2.05) is 0 Å². The molecule has 1 unspecified atom stereocenters. The van der Waals surface area contributed by atoms with Crippen molar-refractivity contribution in [3.05, 3.63) is 53.9 Å². The number of aromatic nitrogens is 4. The number of hydrogen-bond donors (Lipinski definition) is 1. The molecule has 6 nitrogen and oxygen atoms in total. The maximum absolute atomic E-state index is 5.84. The lowest BCUT2D eigenvalue weighted by atomic mass is 9.72. The molecule has 1 aliphatic carbocycles. The molecule has 0 radical (unpaired) electrons. The van der Waals surface area contributed by atoms with Gasteiger partial charge in [0, 0.05) is 23.4 Å². The third kappa shape index (κ3) is 3.59. The van der Waals surface area contributed by atoms with Crippen LogP contribution in [0.1, 0.15) is 77.1 Å². The van der Waals surface area contributed by atoms with Gasteiger partial charge < -0.3 is 10.3 Å². The monoisotopic (exact) mass is 405 g/mol. The minimum absolute atomic E-state index is 0.000398. The number of nitrogen functional groups attached to an aromatic ring is 1. The molecule has 30 heavy (non-hydrogen) atoms. The quantitative estimate of drug-likeness (QED) is 0.620. The minimum atomic E-state index is -0.344. The maximum atomic E-state index is 5.84. The molecule has 0 spiro atoms. The van der Waals surface area contributed by atoms with E-state index in [0.29, 0.717) is 5.92 Å². The molecular weight excluding hydrogens is 374 g/mol. The summed E-state index contributed by atoms with van der Waals surface area (Å²) in [5.41, 5.74) is 8.41. The fourth-order valence-electron chi connectivity index (χ4n) is 4.44. The SMILES string of the molecule is CC(C)C(C)(c1ccc(-c2cnc(N)nc2)cc1)c1noc(C2(C)CCCCC2)n1. The van der Waals surface area contributed by atoms with Gasteiger partial charge in [-0.05, 0) is 36.8 Å². The Morgan fingerprint density at radius 1 is 1.00 bits per heavy atom. The van der Waals surface area contributed by atoms with Crippen molar-refractivity contribution in [2.45, 2.75) is 70.6 Å². The standard InChI is InChI=1S/C24H31N5O/c1-16(2)24(4,20-28-21(30-29-20)23(3)12-6-5-7-13-23)19-10-8-17(9-11-19)18-14-26-22(25)27-15-18/h8-11,14-16H,5-7,12-13H2,1-4H3,(H2,25,26,27). The smallest absolute Gasteiger partial charge is 0.232 e. The third-order valence-electron chi connectivity index (χ3n) is 7.01. The summed E-state index contributed by atoms with van der Waals surface area (Å²) in [6, 6.07) is 8.47. The fraction of sp³-hybridized carbons (Fsp3) is 0.500. The van der Waals surface area contributed by atoms with Gasteiger partial charge >= 0.3 is 0 Å². The predicted molar refractivity (Wildman–Crippen MR) is 118 cm³/mol. The Hall–Kier alpha value is -2.76. The van der Waals surface area contributed by atoms with Crippen LogP contribution in [0.3, 0.4) is 0 Å². The Morgan fingerprint density at radius 2 is 1.63 bits per heavy atom. The van der Waals surface area contributed by atoms with E-state index < -0.39 is 0 Å². The van der Waals surface area contributed by atoms with E-state index in [1.54, 1.807) is 12.4 Å². The van der Waals surface area contributed by atoms with Crippen molar-refractivity contribution in [3.8, 4) is 11.1 Å². The second kappa shape index (κ2) is 7.82. The molecule has 4 rings (SSSR count). The first-order valence-electron chi connectivity index (χ1n) is 10.9. The van der Waals surface area contributed by atoms with E-state index in [9.17, 15) is 0 Å². The van der Waals surface area contributed by atoms with Gasteiger partial charge in [-0.25, -0.2) is 9.97 Å². The van der Waals surface area contributed by atoms with Crippen LogP contribution in [0.2, 0.25) is 0 Å². The molecule has 1 saturated carbocycles. The Labute approximate surface area is 178 Å². The maximum Gasteiger partial charge on any atom is 0.232 e. The fourth-order valence-corrected chi connectivity index (χ4v) is 4.44. The van der Waals surface area contributed by atoms with Crippen LogP contribution < -0.4 is 5.73 Å². The van der Waals surface area contributed by atoms with Crippen LogP contribution in [0.15, 0.2) is 41.2 Å². The lowest BCUT2D eigenvalue weighted by molar-refractivity contribution is 0.230. The van der Waals surface area contributed by atoms with Crippen LogP contribution in [0.5, 0.6) is 0 Å². The molecule has 158 valence electrons. The zero-order chi connectivity index (χ0) is 21.4. The minimum Gasteiger partial charge on any atom is -0.368 e. The lowest BCUT2D eigenvalue weighted by Crippen LogP contribution is -2.32. The van der Waals surface area contributed by atoms with Crippen molar-refractivity contribution >= 4 is 5.95 Å². The highest BCUT2D eigenvalue weighted by molar-refractivity contribution is 5.62. The molecule has 0 aliphatic heterocycles. The molecule has 3 aromatic rings. The Morgan fingerprint density at radius 3 is 2.23 bits per heavy atom. The van der Waals surface area contributed by atoms with Crippen molar-refractivity contribution in [1.82, 2.24) is 20.1 Å². The second-order valence-corrected chi connectivity index (χ2v) is 9.31. The zero-order valence-electron chi connectivity index (χ0n) is 18.4. The molecule has 0 amide bonds. The molecule has 0 bridgehead atoms. The van der Waals surface area contributed by atoms with E-state index in [-0.39, 0.29) is 16.8 Å². The summed E-state index contributed by atoms with van der Waals surface area (Å²) in [5, 5.41) is 4.48. The third-order valence-corrected chi connectivity index (χ3v) is 7.01. The largest absolute Gasteiger partial charge is 0.368 e. The number of anilines is 1. The number of rotatable bonds is 5. The molecular formula is C24H31N5O. The van der Waals surface area contributed by atoms with Gasteiger partial charge in [-0.1, -0.05) is 69.5 Å². The first-order chi connectivity index (χ1) is 14.3. The highest BCUT2D eigenvalue weighted by Gasteiger charge is 2.40. The molecule has 1 fully saturated rings. The first kappa shape index (κ1) is 20.5. The summed E-state index contributed by atoms with van der Waals surface area (Å²) in [6.45, 7) is 8.89. The van der Waals surface area contributed by atoms with Crippen molar-refractivity contribution in [2.75, 3.05) is 5.73 Å². The summed E-state index contributed by atoms with van der Waals surface area (Å²) in [4.78, 5) is 13.1. The van der Waals surface area contributed by atoms with Crippen LogP contribution >= 0.6 is 0 Å². The lowest BCUT2D eigenvalue weighted by Gasteiger charge is -2.32. The van der Waals surface area contributed by atoms with Crippen LogP contribution in [0.25, 0.3) is 11.1 Å². The predicted octanol–water partition coefficient (Wildman–Crippen LogP) is 5.29. The van der Waals surface area contributed by atoms with E-state index in [4.69, 9.17) is 15.2 Å². The van der Waals surface area contributed by atoms with Gasteiger partial charge in [-0.15, -0.1) is 0 Å². The Bertz CT molecular complexity index is 987. The Kier molecular flexibility index (Phi) is 5.35.